The molecule has 1 aromatic heterocycles. The van der Waals surface area contributed by atoms with Crippen molar-refractivity contribution < 1.29 is 0 Å². The van der Waals surface area contributed by atoms with E-state index in [9.17, 15) is 0 Å². The molecule has 0 radical (unpaired) electrons. The van der Waals surface area contributed by atoms with Crippen LogP contribution in [0.25, 0.3) is 82.4 Å². The van der Waals surface area contributed by atoms with Gasteiger partial charge in [0.15, 0.2) is 0 Å². The van der Waals surface area contributed by atoms with Gasteiger partial charge in [-0.15, -0.1) is 0 Å². The number of nitrogens with zero attached hydrogens (tertiary/aromatic N) is 2. The summed E-state index contributed by atoms with van der Waals surface area (Å²) in [6, 6.07) is 86.8. The van der Waals surface area contributed by atoms with Crippen molar-refractivity contribution in [2.24, 2.45) is 0 Å². The smallest absolute Gasteiger partial charge is 0.0726 e. The minimum absolute atomic E-state index is 0.275. The van der Waals surface area contributed by atoms with Gasteiger partial charge in [-0.1, -0.05) is 196 Å². The molecule has 15 rings (SSSR count). The van der Waals surface area contributed by atoms with Crippen LogP contribution in [0, 0.1) is 0 Å². The fourth-order valence-corrected chi connectivity index (χ4v) is 13.0. The van der Waals surface area contributed by atoms with E-state index in [1.807, 2.05) is 0 Å². The number of fused-ring (bicyclic) bond motifs is 19. The Morgan fingerprint density at radius 3 is 1.50 bits per heavy atom. The Labute approximate surface area is 395 Å². The van der Waals surface area contributed by atoms with Crippen LogP contribution in [-0.2, 0) is 10.8 Å². The topological polar surface area (TPSA) is 8.17 Å². The first kappa shape index (κ1) is 37.7. The summed E-state index contributed by atoms with van der Waals surface area (Å²) in [5.74, 6) is 0. The molecule has 1 spiro atoms. The highest BCUT2D eigenvalue weighted by Gasteiger charge is 2.51. The molecular weight excluding hydrogens is 821 g/mol. The van der Waals surface area contributed by atoms with Gasteiger partial charge in [-0.3, -0.25) is 0 Å². The Morgan fingerprint density at radius 1 is 0.338 bits per heavy atom. The van der Waals surface area contributed by atoms with Gasteiger partial charge in [0.25, 0.3) is 0 Å². The van der Waals surface area contributed by atoms with Crippen LogP contribution in [0.5, 0.6) is 0 Å². The molecule has 68 heavy (non-hydrogen) atoms. The molecule has 0 aliphatic heterocycles. The summed E-state index contributed by atoms with van der Waals surface area (Å²) in [7, 11) is 0. The van der Waals surface area contributed by atoms with Crippen LogP contribution < -0.4 is 4.90 Å². The lowest BCUT2D eigenvalue weighted by molar-refractivity contribution is 0.660. The van der Waals surface area contributed by atoms with E-state index in [1.54, 1.807) is 0 Å². The average molecular weight is 865 g/mol. The molecule has 0 amide bonds. The van der Waals surface area contributed by atoms with Crippen molar-refractivity contribution in [3.05, 3.63) is 264 Å². The summed E-state index contributed by atoms with van der Waals surface area (Å²) >= 11 is 0. The van der Waals surface area contributed by atoms with Crippen molar-refractivity contribution >= 4 is 60.4 Å². The number of para-hydroxylation sites is 1. The quantitative estimate of drug-likeness (QED) is 0.171. The lowest BCUT2D eigenvalue weighted by Crippen LogP contribution is -2.26. The monoisotopic (exact) mass is 864 g/mol. The molecular formula is C66H44N2. The van der Waals surface area contributed by atoms with Gasteiger partial charge in [0.05, 0.1) is 22.1 Å². The van der Waals surface area contributed by atoms with Crippen LogP contribution in [-0.4, -0.2) is 4.57 Å². The zero-order chi connectivity index (χ0) is 44.9. The third kappa shape index (κ3) is 4.81. The highest BCUT2D eigenvalue weighted by molar-refractivity contribution is 6.18. The van der Waals surface area contributed by atoms with Gasteiger partial charge in [0, 0.05) is 44.0 Å². The zero-order valence-electron chi connectivity index (χ0n) is 37.8. The van der Waals surface area contributed by atoms with E-state index >= 15 is 0 Å². The average Bonchev–Trinajstić information content (AvgIpc) is 4.06. The van der Waals surface area contributed by atoms with Crippen LogP contribution in [0.15, 0.2) is 231 Å². The van der Waals surface area contributed by atoms with Crippen LogP contribution in [0.4, 0.5) is 17.1 Å². The predicted molar refractivity (Wildman–Crippen MR) is 284 cm³/mol. The first-order valence-corrected chi connectivity index (χ1v) is 23.9. The van der Waals surface area contributed by atoms with Crippen LogP contribution >= 0.6 is 0 Å². The number of aromatic nitrogens is 1. The second-order valence-electron chi connectivity index (χ2n) is 19.6. The van der Waals surface area contributed by atoms with E-state index in [0.29, 0.717) is 0 Å². The molecule has 3 aliphatic rings. The third-order valence-corrected chi connectivity index (χ3v) is 16.0. The van der Waals surface area contributed by atoms with E-state index < -0.39 is 5.41 Å². The Kier molecular flexibility index (Phi) is 7.53. The number of hydrogen-bond donors (Lipinski definition) is 0. The first-order valence-electron chi connectivity index (χ1n) is 23.9. The maximum atomic E-state index is 2.53. The van der Waals surface area contributed by atoms with Gasteiger partial charge < -0.3 is 9.47 Å². The molecule has 0 atom stereocenters. The number of anilines is 3. The number of hydrogen-bond acceptors (Lipinski definition) is 1. The molecule has 2 nitrogen and oxygen atoms in total. The molecule has 0 N–H and O–H groups in total. The van der Waals surface area contributed by atoms with Crippen molar-refractivity contribution in [2.75, 3.05) is 4.90 Å². The van der Waals surface area contributed by atoms with Gasteiger partial charge in [0.1, 0.15) is 0 Å². The van der Waals surface area contributed by atoms with Gasteiger partial charge in [-0.2, -0.15) is 0 Å². The van der Waals surface area contributed by atoms with Crippen LogP contribution in [0.1, 0.15) is 47.2 Å². The number of rotatable bonds is 4. The molecule has 0 unspecified atom stereocenters. The van der Waals surface area contributed by atoms with Gasteiger partial charge in [-0.25, -0.2) is 0 Å². The molecule has 318 valence electrons. The number of benzene rings is 11. The van der Waals surface area contributed by atoms with E-state index in [4.69, 9.17) is 0 Å². The van der Waals surface area contributed by atoms with Crippen molar-refractivity contribution in [3.63, 3.8) is 0 Å². The summed E-state index contributed by atoms with van der Waals surface area (Å²) < 4.78 is 2.50. The molecule has 0 bridgehead atoms. The maximum absolute atomic E-state index is 2.53. The summed E-state index contributed by atoms with van der Waals surface area (Å²) in [5.41, 5.74) is 22.3. The summed E-state index contributed by atoms with van der Waals surface area (Å²) in [4.78, 5) is 2.53. The highest BCUT2D eigenvalue weighted by atomic mass is 15.1. The van der Waals surface area contributed by atoms with Gasteiger partial charge in [0.2, 0.25) is 0 Å². The van der Waals surface area contributed by atoms with Gasteiger partial charge >= 0.3 is 0 Å². The maximum Gasteiger partial charge on any atom is 0.0726 e. The summed E-state index contributed by atoms with van der Waals surface area (Å²) in [5, 5.41) is 7.52. The molecule has 12 aromatic rings. The van der Waals surface area contributed by atoms with Crippen molar-refractivity contribution in [2.45, 2.75) is 24.7 Å². The van der Waals surface area contributed by atoms with Crippen LogP contribution in [0.3, 0.4) is 0 Å². The molecule has 3 aliphatic carbocycles. The zero-order valence-corrected chi connectivity index (χ0v) is 37.8. The molecule has 0 saturated carbocycles. The summed E-state index contributed by atoms with van der Waals surface area (Å²) in [6.45, 7) is 4.83. The molecule has 0 saturated heterocycles. The van der Waals surface area contributed by atoms with Crippen molar-refractivity contribution in [1.29, 1.82) is 0 Å². The minimum Gasteiger partial charge on any atom is -0.310 e. The lowest BCUT2D eigenvalue weighted by atomic mass is 9.70. The molecule has 2 heteroatoms. The predicted octanol–water partition coefficient (Wildman–Crippen LogP) is 17.2. The lowest BCUT2D eigenvalue weighted by Gasteiger charge is -2.33. The standard InChI is InChI=1S/C66H44N2/c1-65(2)59-38-43(31-35-51(59)52-36-33-45(39-60(52)65)68-63-28-14-10-24-54(63)55-34-30-42-17-4-6-20-47(42)64(55)68)67(62-29-15-18-41-16-3-5-19-46(41)62)44-32-37-53-50-23-9-13-27-58(50)66(61(53)40-44)56-25-11-7-21-48(56)49-22-8-12-26-57(49)66/h3-40H,1-2H3. The van der Waals surface area contributed by atoms with Crippen molar-refractivity contribution in [3.8, 4) is 39.1 Å². The van der Waals surface area contributed by atoms with E-state index in [0.717, 1.165) is 17.1 Å². The molecule has 1 heterocycles. The highest BCUT2D eigenvalue weighted by Crippen LogP contribution is 2.63. The SMILES string of the molecule is CC1(C)c2cc(N(c3ccc4c(c3)C3(c5ccccc5-c5ccccc53)c3ccccc3-4)c3cccc4ccccc34)ccc2-c2ccc(-n3c4ccccc4c4ccc5ccccc5c43)cc21. The molecule has 0 fully saturated rings. The van der Waals surface area contributed by atoms with E-state index in [1.165, 1.54) is 116 Å². The fraction of sp³-hybridized carbons (Fsp3) is 0.0606. The Balaban J connectivity index is 0.933. The Bertz CT molecular complexity index is 4080. The first-order chi connectivity index (χ1) is 33.5. The Morgan fingerprint density at radius 2 is 0.824 bits per heavy atom. The van der Waals surface area contributed by atoms with Gasteiger partial charge in [-0.05, 0) is 126 Å². The second-order valence-corrected chi connectivity index (χ2v) is 19.6. The van der Waals surface area contributed by atoms with Crippen LogP contribution in [0.2, 0.25) is 0 Å². The van der Waals surface area contributed by atoms with E-state index in [2.05, 4.69) is 254 Å². The third-order valence-electron chi connectivity index (χ3n) is 16.0. The van der Waals surface area contributed by atoms with E-state index in [-0.39, 0.29) is 5.41 Å². The minimum atomic E-state index is -0.443. The molecule has 11 aromatic carbocycles. The summed E-state index contributed by atoms with van der Waals surface area (Å²) in [6.07, 6.45) is 0. The fourth-order valence-electron chi connectivity index (χ4n) is 13.0. The largest absolute Gasteiger partial charge is 0.310 e. The van der Waals surface area contributed by atoms with Crippen molar-refractivity contribution in [1.82, 2.24) is 4.57 Å². The second kappa shape index (κ2) is 13.6. The Hall–Kier alpha value is -8.46. The normalized spacial score (nSPS) is 14.3.